The molecule has 0 aliphatic carbocycles. The molecule has 0 saturated carbocycles. The minimum absolute atomic E-state index is 0.653. The zero-order valence-electron chi connectivity index (χ0n) is 17.3. The van der Waals surface area contributed by atoms with Gasteiger partial charge in [0, 0.05) is 42.1 Å². The van der Waals surface area contributed by atoms with Gasteiger partial charge in [0.1, 0.15) is 0 Å². The predicted octanol–water partition coefficient (Wildman–Crippen LogP) is 4.27. The molecule has 29 heavy (non-hydrogen) atoms. The molecule has 0 radical (unpaired) electrons. The lowest BCUT2D eigenvalue weighted by atomic mass is 9.89. The molecule has 4 rings (SSSR count). The number of rotatable bonds is 6. The van der Waals surface area contributed by atoms with Crippen molar-refractivity contribution in [2.45, 2.75) is 25.7 Å². The molecule has 0 unspecified atom stereocenters. The number of hydrogen-bond donors (Lipinski definition) is 3. The lowest BCUT2D eigenvalue weighted by Crippen LogP contribution is -2.36. The number of allylic oxidation sites excluding steroid dienone is 1. The minimum atomic E-state index is 0.653. The van der Waals surface area contributed by atoms with Gasteiger partial charge in [0.05, 0.1) is 13.2 Å². The number of morpholine rings is 1. The zero-order valence-corrected chi connectivity index (χ0v) is 17.3. The molecule has 2 saturated heterocycles. The van der Waals surface area contributed by atoms with Crippen molar-refractivity contribution >= 4 is 17.5 Å². The number of ether oxygens (including phenoxy) is 1. The third-order valence-electron chi connectivity index (χ3n) is 6.03. The summed E-state index contributed by atoms with van der Waals surface area (Å²) in [7, 11) is 0. The number of hydrogen-bond acceptors (Lipinski definition) is 4. The Bertz CT molecular complexity index is 858. The molecule has 2 aliphatic heterocycles. The molecule has 1 aromatic carbocycles. The number of aromatic nitrogens is 1. The third kappa shape index (κ3) is 4.74. The SMILES string of the molecule is C=C/C(=C\c1[nH]cc(C2CCNCC2)c1C)Nc1cccc(N2CCOCC2)c1. The summed E-state index contributed by atoms with van der Waals surface area (Å²) >= 11 is 0. The van der Waals surface area contributed by atoms with Crippen LogP contribution in [0.2, 0.25) is 0 Å². The van der Waals surface area contributed by atoms with Crippen LogP contribution in [0.3, 0.4) is 0 Å². The van der Waals surface area contributed by atoms with Crippen molar-refractivity contribution in [1.29, 1.82) is 0 Å². The smallest absolute Gasteiger partial charge is 0.0642 e. The number of aromatic amines is 1. The fourth-order valence-corrected chi connectivity index (χ4v) is 4.30. The first-order chi connectivity index (χ1) is 14.2. The van der Waals surface area contributed by atoms with Crippen LogP contribution in [-0.4, -0.2) is 44.4 Å². The molecule has 0 atom stereocenters. The van der Waals surface area contributed by atoms with E-state index >= 15 is 0 Å². The highest BCUT2D eigenvalue weighted by atomic mass is 16.5. The number of H-pyrrole nitrogens is 1. The largest absolute Gasteiger partial charge is 0.378 e. The fourth-order valence-electron chi connectivity index (χ4n) is 4.30. The van der Waals surface area contributed by atoms with Crippen molar-refractivity contribution in [1.82, 2.24) is 10.3 Å². The Balaban J connectivity index is 1.50. The first-order valence-corrected chi connectivity index (χ1v) is 10.7. The summed E-state index contributed by atoms with van der Waals surface area (Å²) in [5.74, 6) is 0.653. The summed E-state index contributed by atoms with van der Waals surface area (Å²) in [6, 6.07) is 8.56. The average molecular weight is 393 g/mol. The highest BCUT2D eigenvalue weighted by molar-refractivity contribution is 5.66. The number of piperidine rings is 1. The van der Waals surface area contributed by atoms with Gasteiger partial charge < -0.3 is 25.3 Å². The summed E-state index contributed by atoms with van der Waals surface area (Å²) in [4.78, 5) is 5.85. The molecule has 154 valence electrons. The van der Waals surface area contributed by atoms with Crippen molar-refractivity contribution < 1.29 is 4.74 Å². The van der Waals surface area contributed by atoms with Gasteiger partial charge in [-0.15, -0.1) is 0 Å². The molecule has 3 N–H and O–H groups in total. The topological polar surface area (TPSA) is 52.3 Å². The van der Waals surface area contributed by atoms with Gasteiger partial charge in [-0.05, 0) is 80.3 Å². The van der Waals surface area contributed by atoms with E-state index in [1.807, 2.05) is 6.08 Å². The summed E-state index contributed by atoms with van der Waals surface area (Å²) in [6.45, 7) is 11.9. The van der Waals surface area contributed by atoms with Gasteiger partial charge in [-0.1, -0.05) is 12.6 Å². The second-order valence-corrected chi connectivity index (χ2v) is 7.89. The first-order valence-electron chi connectivity index (χ1n) is 10.7. The maximum absolute atomic E-state index is 5.47. The van der Waals surface area contributed by atoms with E-state index in [1.54, 1.807) is 0 Å². The van der Waals surface area contributed by atoms with Gasteiger partial charge in [-0.25, -0.2) is 0 Å². The van der Waals surface area contributed by atoms with Gasteiger partial charge in [0.25, 0.3) is 0 Å². The third-order valence-corrected chi connectivity index (χ3v) is 6.03. The summed E-state index contributed by atoms with van der Waals surface area (Å²) in [5, 5.41) is 6.98. The number of nitrogens with one attached hydrogen (secondary N) is 3. The molecule has 3 heterocycles. The van der Waals surface area contributed by atoms with Gasteiger partial charge in [0.2, 0.25) is 0 Å². The minimum Gasteiger partial charge on any atom is -0.378 e. The predicted molar refractivity (Wildman–Crippen MR) is 122 cm³/mol. The second-order valence-electron chi connectivity index (χ2n) is 7.89. The van der Waals surface area contributed by atoms with Crippen molar-refractivity contribution in [3.05, 3.63) is 65.6 Å². The number of nitrogens with zero attached hydrogens (tertiary/aromatic N) is 1. The second kappa shape index (κ2) is 9.33. The maximum atomic E-state index is 5.47. The molecular formula is C24H32N4O. The zero-order chi connectivity index (χ0) is 20.1. The Morgan fingerprint density at radius 3 is 2.79 bits per heavy atom. The molecule has 0 spiro atoms. The van der Waals surface area contributed by atoms with Gasteiger partial charge in [-0.2, -0.15) is 0 Å². The maximum Gasteiger partial charge on any atom is 0.0642 e. The molecule has 2 aliphatic rings. The number of anilines is 2. The summed E-state index contributed by atoms with van der Waals surface area (Å²) in [6.07, 6.45) is 8.66. The van der Waals surface area contributed by atoms with E-state index in [1.165, 1.54) is 29.7 Å². The van der Waals surface area contributed by atoms with Crippen LogP contribution < -0.4 is 15.5 Å². The van der Waals surface area contributed by atoms with Crippen molar-refractivity contribution in [3.8, 4) is 0 Å². The van der Waals surface area contributed by atoms with E-state index in [9.17, 15) is 0 Å². The molecule has 0 bridgehead atoms. The highest BCUT2D eigenvalue weighted by Crippen LogP contribution is 2.30. The van der Waals surface area contributed by atoms with E-state index in [-0.39, 0.29) is 0 Å². The molecule has 2 fully saturated rings. The van der Waals surface area contributed by atoms with E-state index in [2.05, 4.69) is 70.6 Å². The molecule has 0 amide bonds. The first kappa shape index (κ1) is 19.8. The molecule has 5 nitrogen and oxygen atoms in total. The van der Waals surface area contributed by atoms with Crippen LogP contribution in [0.4, 0.5) is 11.4 Å². The Hall–Kier alpha value is -2.50. The molecule has 5 heteroatoms. The van der Waals surface area contributed by atoms with Gasteiger partial charge in [0.15, 0.2) is 0 Å². The fraction of sp³-hybridized carbons (Fsp3) is 0.417. The van der Waals surface area contributed by atoms with Crippen molar-refractivity contribution in [2.24, 2.45) is 0 Å². The normalized spacial score (nSPS) is 18.7. The Morgan fingerprint density at radius 2 is 2.03 bits per heavy atom. The van der Waals surface area contributed by atoms with Crippen LogP contribution in [0.25, 0.3) is 6.08 Å². The molecule has 2 aromatic rings. The molecule has 1 aromatic heterocycles. The van der Waals surface area contributed by atoms with E-state index < -0.39 is 0 Å². The van der Waals surface area contributed by atoms with E-state index in [4.69, 9.17) is 4.74 Å². The van der Waals surface area contributed by atoms with E-state index in [0.717, 1.165) is 56.5 Å². The van der Waals surface area contributed by atoms with Gasteiger partial charge in [-0.3, -0.25) is 0 Å². The Kier molecular flexibility index (Phi) is 6.37. The van der Waals surface area contributed by atoms with Gasteiger partial charge >= 0.3 is 0 Å². The van der Waals surface area contributed by atoms with Crippen LogP contribution in [0.15, 0.2) is 48.8 Å². The van der Waals surface area contributed by atoms with Crippen molar-refractivity contribution in [2.75, 3.05) is 49.6 Å². The standard InChI is InChI=1S/C24H32N4O/c1-3-20(16-24-18(2)23(17-26-24)19-7-9-25-10-8-19)27-21-5-4-6-22(15-21)28-11-13-29-14-12-28/h3-6,15-17,19,25-27H,1,7-14H2,2H3/b20-16+. The number of benzene rings is 1. The highest BCUT2D eigenvalue weighted by Gasteiger charge is 2.19. The average Bonchev–Trinajstić information content (AvgIpc) is 3.14. The van der Waals surface area contributed by atoms with Crippen LogP contribution >= 0.6 is 0 Å². The summed E-state index contributed by atoms with van der Waals surface area (Å²) in [5.41, 5.74) is 7.25. The Morgan fingerprint density at radius 1 is 1.24 bits per heavy atom. The van der Waals surface area contributed by atoms with Crippen LogP contribution in [0.5, 0.6) is 0 Å². The Labute approximate surface area is 173 Å². The lowest BCUT2D eigenvalue weighted by molar-refractivity contribution is 0.122. The van der Waals surface area contributed by atoms with Crippen LogP contribution in [-0.2, 0) is 4.74 Å². The van der Waals surface area contributed by atoms with E-state index in [0.29, 0.717) is 5.92 Å². The lowest BCUT2D eigenvalue weighted by Gasteiger charge is -2.29. The van der Waals surface area contributed by atoms with Crippen LogP contribution in [0, 0.1) is 6.92 Å². The molecular weight excluding hydrogens is 360 g/mol. The monoisotopic (exact) mass is 392 g/mol. The quantitative estimate of drug-likeness (QED) is 0.643. The van der Waals surface area contributed by atoms with Crippen molar-refractivity contribution in [3.63, 3.8) is 0 Å². The summed E-state index contributed by atoms with van der Waals surface area (Å²) < 4.78 is 5.47. The van der Waals surface area contributed by atoms with Crippen LogP contribution in [0.1, 0.15) is 35.6 Å².